The van der Waals surface area contributed by atoms with Crippen LogP contribution in [0, 0.1) is 0 Å². The van der Waals surface area contributed by atoms with Gasteiger partial charge in [0.15, 0.2) is 0 Å². The van der Waals surface area contributed by atoms with E-state index in [1.165, 1.54) is 0 Å². The minimum Gasteiger partial charge on any atom is -0.308 e. The number of hydrogen-bond acceptors (Lipinski definition) is 3. The number of carbonyl (C=O) groups is 1. The molecule has 0 amide bonds. The van der Waals surface area contributed by atoms with Gasteiger partial charge in [0.1, 0.15) is 5.78 Å². The molecule has 1 atom stereocenters. The molecule has 0 spiro atoms. The first-order valence-corrected chi connectivity index (χ1v) is 5.85. The normalized spacial score (nSPS) is 12.7. The molecule has 0 aliphatic carbocycles. The average Bonchev–Trinajstić information content (AvgIpc) is 2.69. The van der Waals surface area contributed by atoms with Crippen molar-refractivity contribution in [2.45, 2.75) is 39.2 Å². The third-order valence-corrected chi connectivity index (χ3v) is 2.84. The Labute approximate surface area is 97.0 Å². The Balaban J connectivity index is 2.23. The van der Waals surface area contributed by atoms with Gasteiger partial charge in [0.2, 0.25) is 0 Å². The van der Waals surface area contributed by atoms with Gasteiger partial charge in [0.25, 0.3) is 0 Å². The molecule has 1 aromatic heterocycles. The fourth-order valence-corrected chi connectivity index (χ4v) is 1.43. The van der Waals surface area contributed by atoms with Gasteiger partial charge in [0, 0.05) is 31.4 Å². The van der Waals surface area contributed by atoms with Gasteiger partial charge in [-0.05, 0) is 25.8 Å². The summed E-state index contributed by atoms with van der Waals surface area (Å²) >= 11 is 0. The number of ketones is 1. The minimum atomic E-state index is 0.265. The first-order chi connectivity index (χ1) is 7.63. The first-order valence-electron chi connectivity index (χ1n) is 5.85. The molecule has 0 saturated heterocycles. The SMILES string of the molecule is CCC(C)NCC(=O)CCc1ccnn1C. The molecular formula is C12H21N3O. The maximum Gasteiger partial charge on any atom is 0.147 e. The van der Waals surface area contributed by atoms with Crippen molar-refractivity contribution in [2.24, 2.45) is 7.05 Å². The molecule has 0 bridgehead atoms. The lowest BCUT2D eigenvalue weighted by atomic mass is 10.1. The molecule has 0 saturated carbocycles. The number of Topliss-reactive ketones (excluding diaryl/α,β-unsaturated/α-hetero) is 1. The van der Waals surface area contributed by atoms with E-state index in [1.807, 2.05) is 17.8 Å². The number of nitrogens with zero attached hydrogens (tertiary/aromatic N) is 2. The summed E-state index contributed by atoms with van der Waals surface area (Å²) in [5, 5.41) is 7.28. The zero-order chi connectivity index (χ0) is 12.0. The van der Waals surface area contributed by atoms with E-state index >= 15 is 0 Å². The van der Waals surface area contributed by atoms with Gasteiger partial charge >= 0.3 is 0 Å². The molecule has 90 valence electrons. The second-order valence-electron chi connectivity index (χ2n) is 4.18. The van der Waals surface area contributed by atoms with Gasteiger partial charge < -0.3 is 5.32 Å². The van der Waals surface area contributed by atoms with Gasteiger partial charge in [-0.25, -0.2) is 0 Å². The fraction of sp³-hybridized carbons (Fsp3) is 0.667. The van der Waals surface area contributed by atoms with Crippen molar-refractivity contribution in [3.63, 3.8) is 0 Å². The van der Waals surface area contributed by atoms with E-state index in [0.29, 0.717) is 19.0 Å². The third kappa shape index (κ3) is 4.14. The predicted molar refractivity (Wildman–Crippen MR) is 64.3 cm³/mol. The highest BCUT2D eigenvalue weighted by molar-refractivity contribution is 5.80. The second kappa shape index (κ2) is 6.43. The van der Waals surface area contributed by atoms with E-state index in [0.717, 1.165) is 18.5 Å². The summed E-state index contributed by atoms with van der Waals surface area (Å²) in [5.74, 6) is 0.265. The number of aryl methyl sites for hydroxylation is 2. The van der Waals surface area contributed by atoms with Crippen LogP contribution in [0.15, 0.2) is 12.3 Å². The van der Waals surface area contributed by atoms with Crippen LogP contribution in [0.1, 0.15) is 32.4 Å². The largest absolute Gasteiger partial charge is 0.308 e. The molecule has 1 unspecified atom stereocenters. The Morgan fingerprint density at radius 2 is 2.38 bits per heavy atom. The van der Waals surface area contributed by atoms with Crippen molar-refractivity contribution in [1.82, 2.24) is 15.1 Å². The van der Waals surface area contributed by atoms with Crippen LogP contribution in [0.2, 0.25) is 0 Å². The molecule has 1 rings (SSSR count). The van der Waals surface area contributed by atoms with Gasteiger partial charge in [-0.15, -0.1) is 0 Å². The lowest BCUT2D eigenvalue weighted by Gasteiger charge is -2.10. The molecule has 4 heteroatoms. The number of hydrogen-bond donors (Lipinski definition) is 1. The van der Waals surface area contributed by atoms with E-state index in [-0.39, 0.29) is 5.78 Å². The van der Waals surface area contributed by atoms with E-state index < -0.39 is 0 Å². The van der Waals surface area contributed by atoms with Crippen LogP contribution >= 0.6 is 0 Å². The quantitative estimate of drug-likeness (QED) is 0.758. The van der Waals surface area contributed by atoms with Crippen LogP contribution in [0.4, 0.5) is 0 Å². The standard InChI is InChI=1S/C12H21N3O/c1-4-10(2)13-9-12(16)6-5-11-7-8-14-15(11)3/h7-8,10,13H,4-6,9H2,1-3H3. The summed E-state index contributed by atoms with van der Waals surface area (Å²) in [7, 11) is 1.90. The monoisotopic (exact) mass is 223 g/mol. The van der Waals surface area contributed by atoms with Crippen LogP contribution in [0.25, 0.3) is 0 Å². The number of aromatic nitrogens is 2. The second-order valence-corrected chi connectivity index (χ2v) is 4.18. The summed E-state index contributed by atoms with van der Waals surface area (Å²) in [6, 6.07) is 2.37. The van der Waals surface area contributed by atoms with Crippen molar-refractivity contribution in [3.8, 4) is 0 Å². The van der Waals surface area contributed by atoms with Crippen LogP contribution in [0.3, 0.4) is 0 Å². The summed E-state index contributed by atoms with van der Waals surface area (Å²) in [4.78, 5) is 11.6. The van der Waals surface area contributed by atoms with Gasteiger partial charge in [-0.1, -0.05) is 6.92 Å². The summed E-state index contributed by atoms with van der Waals surface area (Å²) in [5.41, 5.74) is 1.11. The van der Waals surface area contributed by atoms with E-state index in [2.05, 4.69) is 24.3 Å². The predicted octanol–water partition coefficient (Wildman–Crippen LogP) is 1.31. The molecule has 4 nitrogen and oxygen atoms in total. The first kappa shape index (κ1) is 12.9. The van der Waals surface area contributed by atoms with Crippen LogP contribution in [-0.4, -0.2) is 28.2 Å². The molecule has 0 aliphatic heterocycles. The summed E-state index contributed by atoms with van der Waals surface area (Å²) < 4.78 is 1.81. The van der Waals surface area contributed by atoms with Gasteiger partial charge in [-0.2, -0.15) is 5.10 Å². The van der Waals surface area contributed by atoms with E-state index in [1.54, 1.807) is 6.20 Å². The highest BCUT2D eigenvalue weighted by atomic mass is 16.1. The fourth-order valence-electron chi connectivity index (χ4n) is 1.43. The zero-order valence-corrected chi connectivity index (χ0v) is 10.4. The summed E-state index contributed by atoms with van der Waals surface area (Å²) in [6.45, 7) is 4.68. The number of nitrogens with one attached hydrogen (secondary N) is 1. The smallest absolute Gasteiger partial charge is 0.147 e. The van der Waals surface area contributed by atoms with Crippen molar-refractivity contribution < 1.29 is 4.79 Å². The maximum atomic E-state index is 11.6. The lowest BCUT2D eigenvalue weighted by Crippen LogP contribution is -2.31. The summed E-state index contributed by atoms with van der Waals surface area (Å²) in [6.07, 6.45) is 4.17. The highest BCUT2D eigenvalue weighted by Crippen LogP contribution is 2.01. The van der Waals surface area contributed by atoms with E-state index in [4.69, 9.17) is 0 Å². The van der Waals surface area contributed by atoms with Crippen molar-refractivity contribution in [1.29, 1.82) is 0 Å². The molecular weight excluding hydrogens is 202 g/mol. The van der Waals surface area contributed by atoms with Crippen LogP contribution in [0.5, 0.6) is 0 Å². The molecule has 0 radical (unpaired) electrons. The number of carbonyl (C=O) groups excluding carboxylic acids is 1. The highest BCUT2D eigenvalue weighted by Gasteiger charge is 2.06. The number of rotatable bonds is 7. The Kier molecular flexibility index (Phi) is 5.19. The molecule has 1 heterocycles. The Bertz CT molecular complexity index is 333. The zero-order valence-electron chi connectivity index (χ0n) is 10.4. The topological polar surface area (TPSA) is 46.9 Å². The Morgan fingerprint density at radius 1 is 1.62 bits per heavy atom. The van der Waals surface area contributed by atoms with E-state index in [9.17, 15) is 4.79 Å². The average molecular weight is 223 g/mol. The maximum absolute atomic E-state index is 11.6. The molecule has 16 heavy (non-hydrogen) atoms. The molecule has 0 aromatic carbocycles. The minimum absolute atomic E-state index is 0.265. The molecule has 0 aliphatic rings. The van der Waals surface area contributed by atoms with Crippen molar-refractivity contribution >= 4 is 5.78 Å². The Morgan fingerprint density at radius 3 is 2.94 bits per heavy atom. The van der Waals surface area contributed by atoms with Gasteiger partial charge in [-0.3, -0.25) is 9.48 Å². The Hall–Kier alpha value is -1.16. The van der Waals surface area contributed by atoms with Crippen molar-refractivity contribution in [3.05, 3.63) is 18.0 Å². The van der Waals surface area contributed by atoms with Crippen molar-refractivity contribution in [2.75, 3.05) is 6.54 Å². The third-order valence-electron chi connectivity index (χ3n) is 2.84. The van der Waals surface area contributed by atoms with Crippen LogP contribution < -0.4 is 5.32 Å². The molecule has 1 N–H and O–H groups in total. The van der Waals surface area contributed by atoms with Crippen LogP contribution in [-0.2, 0) is 18.3 Å². The molecule has 0 fully saturated rings. The van der Waals surface area contributed by atoms with Gasteiger partial charge in [0.05, 0.1) is 6.54 Å². The lowest BCUT2D eigenvalue weighted by molar-refractivity contribution is -0.118. The molecule has 1 aromatic rings.